The van der Waals surface area contributed by atoms with E-state index in [1.165, 1.54) is 0 Å². The highest BCUT2D eigenvalue weighted by Crippen LogP contribution is 2.20. The van der Waals surface area contributed by atoms with E-state index in [9.17, 15) is 4.79 Å². The van der Waals surface area contributed by atoms with Gasteiger partial charge in [-0.2, -0.15) is 0 Å². The highest BCUT2D eigenvalue weighted by Gasteiger charge is 2.28. The monoisotopic (exact) mass is 381 g/mol. The van der Waals surface area contributed by atoms with Crippen molar-refractivity contribution in [2.75, 3.05) is 43.0 Å². The topological polar surface area (TPSA) is 52.6 Å². The molecule has 1 unspecified atom stereocenters. The second kappa shape index (κ2) is 8.69. The van der Waals surface area contributed by atoms with Gasteiger partial charge in [0.2, 0.25) is 5.91 Å². The summed E-state index contributed by atoms with van der Waals surface area (Å²) in [5, 5.41) is 0. The number of carbonyl (C=O) groups excluding carboxylic acids is 1. The van der Waals surface area contributed by atoms with Gasteiger partial charge in [0.15, 0.2) is 0 Å². The van der Waals surface area contributed by atoms with Crippen molar-refractivity contribution in [3.63, 3.8) is 0 Å². The smallest absolute Gasteiger partial charge is 0.243 e. The number of hydrogen-bond donors (Lipinski definition) is 0. The Kier molecular flexibility index (Phi) is 6.29. The lowest BCUT2D eigenvalue weighted by atomic mass is 10.2. The maximum absolute atomic E-state index is 12.9. The van der Waals surface area contributed by atoms with Gasteiger partial charge in [-0.25, -0.2) is 9.97 Å². The summed E-state index contributed by atoms with van der Waals surface area (Å²) in [6, 6.07) is 11.7. The lowest BCUT2D eigenvalue weighted by Gasteiger charge is -2.39. The maximum Gasteiger partial charge on any atom is 0.243 e. The zero-order chi connectivity index (χ0) is 20.3. The normalized spacial score (nSPS) is 16.3. The SMILES string of the molecule is Cc1cc(N2CCN(C(C)C(=O)N(C)c3ccccc3)CC2)nc(C(C)C)n1. The van der Waals surface area contributed by atoms with E-state index in [1.54, 1.807) is 4.90 Å². The number of likely N-dealkylation sites (N-methyl/N-ethyl adjacent to an activating group) is 1. The number of rotatable bonds is 5. The Morgan fingerprint density at radius 2 is 1.68 bits per heavy atom. The van der Waals surface area contributed by atoms with E-state index in [0.29, 0.717) is 5.92 Å². The number of benzene rings is 1. The van der Waals surface area contributed by atoms with Gasteiger partial charge in [0, 0.05) is 56.6 Å². The summed E-state index contributed by atoms with van der Waals surface area (Å²) in [5.74, 6) is 2.33. The standard InChI is InChI=1S/C22H31N5O/c1-16(2)21-23-17(3)15-20(24-21)27-13-11-26(12-14-27)18(4)22(28)25(5)19-9-7-6-8-10-19/h6-10,15-16,18H,11-14H2,1-5H3. The molecule has 1 aliphatic heterocycles. The molecule has 0 N–H and O–H groups in total. The fourth-order valence-electron chi connectivity index (χ4n) is 3.55. The number of amides is 1. The van der Waals surface area contributed by atoms with Crippen molar-refractivity contribution < 1.29 is 4.79 Å². The van der Waals surface area contributed by atoms with Crippen LogP contribution in [0.25, 0.3) is 0 Å². The Labute approximate surface area is 168 Å². The van der Waals surface area contributed by atoms with E-state index < -0.39 is 0 Å². The molecule has 3 rings (SSSR count). The van der Waals surface area contributed by atoms with E-state index in [-0.39, 0.29) is 11.9 Å². The zero-order valence-corrected chi connectivity index (χ0v) is 17.6. The number of para-hydroxylation sites is 1. The van der Waals surface area contributed by atoms with Gasteiger partial charge in [0.1, 0.15) is 11.6 Å². The maximum atomic E-state index is 12.9. The molecular formula is C22H31N5O. The van der Waals surface area contributed by atoms with Gasteiger partial charge in [-0.15, -0.1) is 0 Å². The lowest BCUT2D eigenvalue weighted by molar-refractivity contribution is -0.123. The number of piperazine rings is 1. The molecule has 0 spiro atoms. The highest BCUT2D eigenvalue weighted by molar-refractivity contribution is 5.96. The van der Waals surface area contributed by atoms with Crippen LogP contribution in [0.1, 0.15) is 38.2 Å². The van der Waals surface area contributed by atoms with Crippen molar-refractivity contribution in [3.8, 4) is 0 Å². The predicted molar refractivity (Wildman–Crippen MR) is 114 cm³/mol. The van der Waals surface area contributed by atoms with Crippen molar-refractivity contribution in [1.82, 2.24) is 14.9 Å². The Morgan fingerprint density at radius 3 is 2.29 bits per heavy atom. The first-order chi connectivity index (χ1) is 13.4. The first-order valence-electron chi connectivity index (χ1n) is 10.0. The predicted octanol–water partition coefficient (Wildman–Crippen LogP) is 3.08. The summed E-state index contributed by atoms with van der Waals surface area (Å²) >= 11 is 0. The largest absolute Gasteiger partial charge is 0.354 e. The van der Waals surface area contributed by atoms with Crippen LogP contribution in [0.5, 0.6) is 0 Å². The Morgan fingerprint density at radius 1 is 1.04 bits per heavy atom. The van der Waals surface area contributed by atoms with E-state index in [0.717, 1.165) is 49.2 Å². The molecule has 0 bridgehead atoms. The summed E-state index contributed by atoms with van der Waals surface area (Å²) in [6.45, 7) is 11.7. The fourth-order valence-corrected chi connectivity index (χ4v) is 3.55. The first kappa shape index (κ1) is 20.3. The highest BCUT2D eigenvalue weighted by atomic mass is 16.2. The second-order valence-corrected chi connectivity index (χ2v) is 7.81. The van der Waals surface area contributed by atoms with Gasteiger partial charge >= 0.3 is 0 Å². The van der Waals surface area contributed by atoms with Gasteiger partial charge in [0.25, 0.3) is 0 Å². The van der Waals surface area contributed by atoms with Crippen LogP contribution in [-0.4, -0.2) is 60.0 Å². The van der Waals surface area contributed by atoms with E-state index >= 15 is 0 Å². The van der Waals surface area contributed by atoms with E-state index in [4.69, 9.17) is 4.98 Å². The average Bonchev–Trinajstić information content (AvgIpc) is 2.72. The molecule has 1 fully saturated rings. The summed E-state index contributed by atoms with van der Waals surface area (Å²) in [4.78, 5) is 28.5. The van der Waals surface area contributed by atoms with Gasteiger partial charge < -0.3 is 9.80 Å². The third-order valence-corrected chi connectivity index (χ3v) is 5.39. The fraction of sp³-hybridized carbons (Fsp3) is 0.500. The van der Waals surface area contributed by atoms with Crippen molar-refractivity contribution in [2.24, 2.45) is 0 Å². The minimum absolute atomic E-state index is 0.125. The van der Waals surface area contributed by atoms with Gasteiger partial charge in [-0.05, 0) is 26.0 Å². The van der Waals surface area contributed by atoms with E-state index in [2.05, 4.69) is 34.7 Å². The molecule has 0 radical (unpaired) electrons. The van der Waals surface area contributed by atoms with Crippen molar-refractivity contribution in [2.45, 2.75) is 39.7 Å². The van der Waals surface area contributed by atoms with Crippen LogP contribution in [0.15, 0.2) is 36.4 Å². The molecule has 1 amide bonds. The minimum atomic E-state index is -0.147. The number of anilines is 2. The third kappa shape index (κ3) is 4.50. The van der Waals surface area contributed by atoms with Gasteiger partial charge in [-0.1, -0.05) is 32.0 Å². The molecule has 1 aromatic heterocycles. The Hall–Kier alpha value is -2.47. The molecular weight excluding hydrogens is 350 g/mol. The van der Waals surface area contributed by atoms with E-state index in [1.807, 2.05) is 51.2 Å². The number of hydrogen-bond acceptors (Lipinski definition) is 5. The Bertz CT molecular complexity index is 800. The summed E-state index contributed by atoms with van der Waals surface area (Å²) < 4.78 is 0. The average molecular weight is 382 g/mol. The molecule has 1 saturated heterocycles. The van der Waals surface area contributed by atoms with Crippen LogP contribution in [0.2, 0.25) is 0 Å². The van der Waals surface area contributed by atoms with Gasteiger partial charge in [-0.3, -0.25) is 9.69 Å². The number of carbonyl (C=O) groups is 1. The molecule has 0 aliphatic carbocycles. The molecule has 0 saturated carbocycles. The van der Waals surface area contributed by atoms with Crippen LogP contribution in [0.4, 0.5) is 11.5 Å². The number of aromatic nitrogens is 2. The number of nitrogens with zero attached hydrogens (tertiary/aromatic N) is 5. The van der Waals surface area contributed by atoms with Crippen LogP contribution in [0.3, 0.4) is 0 Å². The molecule has 28 heavy (non-hydrogen) atoms. The summed E-state index contributed by atoms with van der Waals surface area (Å²) in [6.07, 6.45) is 0. The molecule has 6 nitrogen and oxygen atoms in total. The number of aryl methyl sites for hydroxylation is 1. The van der Waals surface area contributed by atoms with Crippen molar-refractivity contribution in [1.29, 1.82) is 0 Å². The Balaban J connectivity index is 1.63. The molecule has 1 aromatic carbocycles. The zero-order valence-electron chi connectivity index (χ0n) is 17.6. The summed E-state index contributed by atoms with van der Waals surface area (Å²) in [7, 11) is 1.85. The molecule has 6 heteroatoms. The van der Waals surface area contributed by atoms with Crippen LogP contribution in [-0.2, 0) is 4.79 Å². The molecule has 150 valence electrons. The van der Waals surface area contributed by atoms with Crippen molar-refractivity contribution in [3.05, 3.63) is 47.9 Å². The van der Waals surface area contributed by atoms with Gasteiger partial charge in [0.05, 0.1) is 6.04 Å². The molecule has 2 aromatic rings. The first-order valence-corrected chi connectivity index (χ1v) is 10.0. The molecule has 1 atom stereocenters. The van der Waals surface area contributed by atoms with Crippen LogP contribution >= 0.6 is 0 Å². The lowest BCUT2D eigenvalue weighted by Crippen LogP contribution is -2.54. The second-order valence-electron chi connectivity index (χ2n) is 7.81. The molecule has 2 heterocycles. The summed E-state index contributed by atoms with van der Waals surface area (Å²) in [5.41, 5.74) is 1.93. The third-order valence-electron chi connectivity index (χ3n) is 5.39. The van der Waals surface area contributed by atoms with Crippen LogP contribution in [0, 0.1) is 6.92 Å². The molecule has 1 aliphatic rings. The minimum Gasteiger partial charge on any atom is -0.354 e. The van der Waals surface area contributed by atoms with Crippen molar-refractivity contribution >= 4 is 17.4 Å². The quantitative estimate of drug-likeness (QED) is 0.797. The van der Waals surface area contributed by atoms with Crippen LogP contribution < -0.4 is 9.80 Å².